The Morgan fingerprint density at radius 1 is 1.14 bits per heavy atom. The van der Waals surface area contributed by atoms with E-state index in [2.05, 4.69) is 21.2 Å². The second kappa shape index (κ2) is 8.44. The number of phenolic OH excluding ortho intramolecular Hbond substituents is 1. The number of rotatable bonds is 6. The number of aromatic hydroxyl groups is 1. The number of nitrogens with one attached hydrogen (secondary N) is 1. The van der Waals surface area contributed by atoms with E-state index in [-0.39, 0.29) is 29.3 Å². The van der Waals surface area contributed by atoms with E-state index < -0.39 is 5.82 Å². The minimum Gasteiger partial charge on any atom is -0.507 e. The number of phenols is 1. The van der Waals surface area contributed by atoms with E-state index in [1.165, 1.54) is 25.3 Å². The molecule has 2 N–H and O–H groups in total. The van der Waals surface area contributed by atoms with Crippen LogP contribution in [0.4, 0.5) is 10.1 Å². The fourth-order valence-electron chi connectivity index (χ4n) is 2.73. The Kier molecular flexibility index (Phi) is 5.99. The zero-order valence-corrected chi connectivity index (χ0v) is 17.0. The largest absolute Gasteiger partial charge is 0.507 e. The maximum atomic E-state index is 14.6. The zero-order valence-electron chi connectivity index (χ0n) is 15.4. The van der Waals surface area contributed by atoms with Gasteiger partial charge in [-0.15, -0.1) is 0 Å². The number of hydrogen-bond acceptors (Lipinski definition) is 4. The monoisotopic (exact) mass is 443 g/mol. The van der Waals surface area contributed by atoms with Crippen LogP contribution in [0.1, 0.15) is 27.0 Å². The van der Waals surface area contributed by atoms with Crippen molar-refractivity contribution in [2.75, 3.05) is 12.4 Å². The predicted octanol–water partition coefficient (Wildman–Crippen LogP) is 5.45. The average molecular weight is 444 g/mol. The molecule has 0 aliphatic heterocycles. The Hall–Kier alpha value is -2.86. The van der Waals surface area contributed by atoms with E-state index in [4.69, 9.17) is 4.74 Å². The van der Waals surface area contributed by atoms with Gasteiger partial charge in [-0.3, -0.25) is 4.79 Å². The van der Waals surface area contributed by atoms with Gasteiger partial charge in [0.15, 0.2) is 5.78 Å². The van der Waals surface area contributed by atoms with Gasteiger partial charge in [-0.25, -0.2) is 4.39 Å². The summed E-state index contributed by atoms with van der Waals surface area (Å²) in [4.78, 5) is 12.7. The zero-order chi connectivity index (χ0) is 20.3. The van der Waals surface area contributed by atoms with Crippen molar-refractivity contribution in [1.82, 2.24) is 0 Å². The van der Waals surface area contributed by atoms with Crippen molar-refractivity contribution in [3.05, 3.63) is 87.1 Å². The first kappa shape index (κ1) is 19.9. The lowest BCUT2D eigenvalue weighted by molar-refractivity contribution is 0.103. The van der Waals surface area contributed by atoms with Crippen LogP contribution >= 0.6 is 15.9 Å². The molecule has 28 heavy (non-hydrogen) atoms. The van der Waals surface area contributed by atoms with E-state index in [0.29, 0.717) is 21.3 Å². The van der Waals surface area contributed by atoms with Crippen molar-refractivity contribution in [3.63, 3.8) is 0 Å². The summed E-state index contributed by atoms with van der Waals surface area (Å²) >= 11 is 3.36. The highest BCUT2D eigenvalue weighted by atomic mass is 79.9. The molecule has 6 heteroatoms. The number of aryl methyl sites for hydroxylation is 1. The molecule has 0 radical (unpaired) electrons. The molecule has 0 unspecified atom stereocenters. The summed E-state index contributed by atoms with van der Waals surface area (Å²) < 4.78 is 20.1. The number of carbonyl (C=O) groups excluding carboxylic acids is 1. The van der Waals surface area contributed by atoms with Crippen LogP contribution in [0.15, 0.2) is 59.1 Å². The Balaban J connectivity index is 1.80. The molecule has 0 heterocycles. The minimum atomic E-state index is -0.549. The molecule has 0 fully saturated rings. The maximum absolute atomic E-state index is 14.6. The van der Waals surface area contributed by atoms with Gasteiger partial charge in [0.2, 0.25) is 0 Å². The second-order valence-electron chi connectivity index (χ2n) is 6.36. The first-order chi connectivity index (χ1) is 13.4. The highest BCUT2D eigenvalue weighted by molar-refractivity contribution is 9.10. The van der Waals surface area contributed by atoms with E-state index in [9.17, 15) is 14.3 Å². The van der Waals surface area contributed by atoms with Gasteiger partial charge in [-0.05, 0) is 47.1 Å². The lowest BCUT2D eigenvalue weighted by Gasteiger charge is -2.12. The van der Waals surface area contributed by atoms with Gasteiger partial charge >= 0.3 is 0 Å². The molecule has 3 aromatic rings. The number of hydrogen-bond donors (Lipinski definition) is 2. The van der Waals surface area contributed by atoms with Crippen molar-refractivity contribution in [2.45, 2.75) is 13.5 Å². The standard InChI is InChI=1S/C22H19BrFNO3/c1-13-3-5-14(6-4-13)22(27)17-10-19(24)20(11-18(17)23)25-12-15-7-8-16(28-2)9-21(15)26/h3-11,25-26H,12H2,1-2H3. The van der Waals surface area contributed by atoms with Crippen molar-refractivity contribution < 1.29 is 19.0 Å². The molecule has 0 saturated heterocycles. The molecule has 0 aliphatic carbocycles. The van der Waals surface area contributed by atoms with Crippen molar-refractivity contribution in [1.29, 1.82) is 0 Å². The topological polar surface area (TPSA) is 58.6 Å². The lowest BCUT2D eigenvalue weighted by atomic mass is 10.0. The molecule has 0 aliphatic rings. The molecule has 0 aromatic heterocycles. The molecule has 3 aromatic carbocycles. The number of methoxy groups -OCH3 is 1. The summed E-state index contributed by atoms with van der Waals surface area (Å²) in [5.74, 6) is -0.219. The van der Waals surface area contributed by atoms with Crippen LogP contribution in [0.3, 0.4) is 0 Å². The first-order valence-corrected chi connectivity index (χ1v) is 9.38. The molecular weight excluding hydrogens is 425 g/mol. The third kappa shape index (κ3) is 4.34. The third-order valence-electron chi connectivity index (χ3n) is 4.38. The molecule has 0 amide bonds. The number of ketones is 1. The van der Waals surface area contributed by atoms with Crippen LogP contribution in [0.2, 0.25) is 0 Å². The van der Waals surface area contributed by atoms with Crippen molar-refractivity contribution >= 4 is 27.4 Å². The van der Waals surface area contributed by atoms with E-state index in [1.807, 2.05) is 19.1 Å². The molecule has 0 spiro atoms. The fraction of sp³-hybridized carbons (Fsp3) is 0.136. The highest BCUT2D eigenvalue weighted by Crippen LogP contribution is 2.29. The van der Waals surface area contributed by atoms with Crippen LogP contribution in [-0.2, 0) is 6.54 Å². The highest BCUT2D eigenvalue weighted by Gasteiger charge is 2.16. The van der Waals surface area contributed by atoms with Crippen LogP contribution in [0.25, 0.3) is 0 Å². The summed E-state index contributed by atoms with van der Waals surface area (Å²) in [6.45, 7) is 2.15. The number of anilines is 1. The molecule has 144 valence electrons. The second-order valence-corrected chi connectivity index (χ2v) is 7.21. The molecule has 0 bridgehead atoms. The smallest absolute Gasteiger partial charge is 0.194 e. The van der Waals surface area contributed by atoms with E-state index in [1.54, 1.807) is 24.3 Å². The Labute approximate surface area is 171 Å². The summed E-state index contributed by atoms with van der Waals surface area (Å²) in [5.41, 5.74) is 2.61. The van der Waals surface area contributed by atoms with Gasteiger partial charge in [0.1, 0.15) is 17.3 Å². The Morgan fingerprint density at radius 2 is 1.86 bits per heavy atom. The van der Waals surface area contributed by atoms with Gasteiger partial charge in [0.05, 0.1) is 12.8 Å². The maximum Gasteiger partial charge on any atom is 0.194 e. The molecule has 4 nitrogen and oxygen atoms in total. The molecule has 3 rings (SSSR count). The fourth-order valence-corrected chi connectivity index (χ4v) is 3.25. The van der Waals surface area contributed by atoms with Gasteiger partial charge in [-0.2, -0.15) is 0 Å². The summed E-state index contributed by atoms with van der Waals surface area (Å²) in [7, 11) is 1.51. The summed E-state index contributed by atoms with van der Waals surface area (Å²) in [6, 6.07) is 14.8. The Bertz CT molecular complexity index is 1020. The number of ether oxygens (including phenoxy) is 1. The molecular formula is C22H19BrFNO3. The van der Waals surface area contributed by atoms with Gasteiger partial charge in [0.25, 0.3) is 0 Å². The number of halogens is 2. The van der Waals surface area contributed by atoms with Crippen LogP contribution < -0.4 is 10.1 Å². The van der Waals surface area contributed by atoms with Crippen LogP contribution in [-0.4, -0.2) is 18.0 Å². The number of benzene rings is 3. The van der Waals surface area contributed by atoms with E-state index in [0.717, 1.165) is 5.56 Å². The van der Waals surface area contributed by atoms with Gasteiger partial charge < -0.3 is 15.2 Å². The third-order valence-corrected chi connectivity index (χ3v) is 5.03. The Morgan fingerprint density at radius 3 is 2.50 bits per heavy atom. The minimum absolute atomic E-state index is 0.0532. The van der Waals surface area contributed by atoms with Gasteiger partial charge in [-0.1, -0.05) is 29.8 Å². The summed E-state index contributed by atoms with van der Waals surface area (Å²) in [6.07, 6.45) is 0. The SMILES string of the molecule is COc1ccc(CNc2cc(Br)c(C(=O)c3ccc(C)cc3)cc2F)c(O)c1. The van der Waals surface area contributed by atoms with Gasteiger partial charge in [0, 0.05) is 33.8 Å². The quantitative estimate of drug-likeness (QED) is 0.497. The van der Waals surface area contributed by atoms with Crippen molar-refractivity contribution in [2.24, 2.45) is 0 Å². The van der Waals surface area contributed by atoms with Crippen molar-refractivity contribution in [3.8, 4) is 11.5 Å². The first-order valence-electron chi connectivity index (χ1n) is 8.59. The summed E-state index contributed by atoms with van der Waals surface area (Å²) in [5, 5.41) is 13.0. The van der Waals surface area contributed by atoms with Crippen LogP contribution in [0, 0.1) is 12.7 Å². The number of carbonyl (C=O) groups is 1. The molecule has 0 atom stereocenters. The molecule has 0 saturated carbocycles. The van der Waals surface area contributed by atoms with Crippen LogP contribution in [0.5, 0.6) is 11.5 Å². The lowest BCUT2D eigenvalue weighted by Crippen LogP contribution is -2.06. The predicted molar refractivity (Wildman–Crippen MR) is 111 cm³/mol. The average Bonchev–Trinajstić information content (AvgIpc) is 2.69. The van der Waals surface area contributed by atoms with E-state index >= 15 is 0 Å². The normalized spacial score (nSPS) is 10.6.